The quantitative estimate of drug-likeness (QED) is 0.654. The molecule has 21 heavy (non-hydrogen) atoms. The number of rotatable bonds is 3. The summed E-state index contributed by atoms with van der Waals surface area (Å²) >= 11 is 5.01. The van der Waals surface area contributed by atoms with E-state index in [9.17, 15) is 4.79 Å². The zero-order valence-electron chi connectivity index (χ0n) is 11.2. The molecular weight excluding hydrogens is 350 g/mol. The van der Waals surface area contributed by atoms with Crippen molar-refractivity contribution in [3.05, 3.63) is 58.8 Å². The van der Waals surface area contributed by atoms with Gasteiger partial charge in [0.2, 0.25) is 0 Å². The molecule has 0 aliphatic carbocycles. The van der Waals surface area contributed by atoms with Crippen LogP contribution in [0.1, 0.15) is 10.6 Å². The van der Waals surface area contributed by atoms with Crippen LogP contribution in [0.5, 0.6) is 0 Å². The van der Waals surface area contributed by atoms with Gasteiger partial charge < -0.3 is 9.73 Å². The molecule has 0 saturated carbocycles. The number of thioether (sulfide) groups is 1. The molecule has 2 aromatic carbocycles. The highest BCUT2D eigenvalue weighted by Crippen LogP contribution is 2.29. The molecular formula is C16H12BrNO2S. The molecule has 3 aromatic rings. The van der Waals surface area contributed by atoms with Crippen molar-refractivity contribution in [3.63, 3.8) is 0 Å². The highest BCUT2D eigenvalue weighted by atomic mass is 79.9. The molecule has 0 fully saturated rings. The number of hydrogen-bond acceptors (Lipinski definition) is 3. The highest BCUT2D eigenvalue weighted by Gasteiger charge is 2.15. The van der Waals surface area contributed by atoms with E-state index in [1.165, 1.54) is 0 Å². The smallest absolute Gasteiger partial charge is 0.291 e. The minimum atomic E-state index is -0.250. The first-order valence-corrected chi connectivity index (χ1v) is 8.33. The van der Waals surface area contributed by atoms with Gasteiger partial charge in [-0.3, -0.25) is 4.79 Å². The first-order chi connectivity index (χ1) is 10.2. The van der Waals surface area contributed by atoms with Crippen LogP contribution in [0.4, 0.5) is 5.69 Å². The Kier molecular flexibility index (Phi) is 4.03. The molecule has 0 aliphatic heterocycles. The highest BCUT2D eigenvalue weighted by molar-refractivity contribution is 9.10. The predicted octanol–water partition coefficient (Wildman–Crippen LogP) is 5.17. The fraction of sp³-hybridized carbons (Fsp3) is 0.0625. The molecule has 0 radical (unpaired) electrons. The number of nitrogens with one attached hydrogen (secondary N) is 1. The maximum Gasteiger partial charge on any atom is 0.291 e. The van der Waals surface area contributed by atoms with Gasteiger partial charge in [0.1, 0.15) is 5.58 Å². The second kappa shape index (κ2) is 5.95. The molecule has 0 atom stereocenters. The Hall–Kier alpha value is -1.72. The number of benzene rings is 2. The van der Waals surface area contributed by atoms with Gasteiger partial charge in [0.05, 0.1) is 10.2 Å². The van der Waals surface area contributed by atoms with Crippen molar-refractivity contribution in [1.29, 1.82) is 0 Å². The molecule has 1 heterocycles. The molecule has 5 heteroatoms. The minimum Gasteiger partial charge on any atom is -0.450 e. The summed E-state index contributed by atoms with van der Waals surface area (Å²) in [6.45, 7) is 0. The Bertz CT molecular complexity index is 813. The van der Waals surface area contributed by atoms with E-state index in [1.54, 1.807) is 17.8 Å². The van der Waals surface area contributed by atoms with Crippen LogP contribution in [-0.2, 0) is 0 Å². The van der Waals surface area contributed by atoms with Gasteiger partial charge in [-0.15, -0.1) is 11.8 Å². The molecule has 1 aromatic heterocycles. The fourth-order valence-corrected chi connectivity index (χ4v) is 3.09. The van der Waals surface area contributed by atoms with E-state index in [2.05, 4.69) is 21.2 Å². The number of halogens is 1. The van der Waals surface area contributed by atoms with Crippen LogP contribution < -0.4 is 5.32 Å². The summed E-state index contributed by atoms with van der Waals surface area (Å²) in [5.74, 6) is 0.0485. The number of carbonyl (C=O) groups is 1. The lowest BCUT2D eigenvalue weighted by molar-refractivity contribution is 0.0998. The Morgan fingerprint density at radius 3 is 2.76 bits per heavy atom. The number of carbonyl (C=O) groups excluding carboxylic acids is 1. The zero-order valence-corrected chi connectivity index (χ0v) is 13.6. The number of amides is 1. The second-order valence-corrected chi connectivity index (χ2v) is 6.13. The monoisotopic (exact) mass is 361 g/mol. The SMILES string of the molecule is CSc1ccccc1NC(=O)c1cc2cccc(Br)c2o1. The summed E-state index contributed by atoms with van der Waals surface area (Å²) in [6, 6.07) is 15.1. The van der Waals surface area contributed by atoms with Crippen LogP contribution in [0.25, 0.3) is 11.0 Å². The molecule has 3 nitrogen and oxygen atoms in total. The summed E-state index contributed by atoms with van der Waals surface area (Å²) in [7, 11) is 0. The maximum atomic E-state index is 12.3. The van der Waals surface area contributed by atoms with E-state index < -0.39 is 0 Å². The normalized spacial score (nSPS) is 10.8. The van der Waals surface area contributed by atoms with Crippen molar-refractivity contribution in [2.24, 2.45) is 0 Å². The topological polar surface area (TPSA) is 42.2 Å². The van der Waals surface area contributed by atoms with Crippen LogP contribution >= 0.6 is 27.7 Å². The summed E-state index contributed by atoms with van der Waals surface area (Å²) in [5, 5.41) is 3.79. The zero-order chi connectivity index (χ0) is 14.8. The molecule has 106 valence electrons. The molecule has 0 unspecified atom stereocenters. The summed E-state index contributed by atoms with van der Waals surface area (Å²) in [6.07, 6.45) is 1.98. The average Bonchev–Trinajstić information content (AvgIpc) is 2.93. The molecule has 0 aliphatic rings. The van der Waals surface area contributed by atoms with Crippen molar-refractivity contribution in [3.8, 4) is 0 Å². The van der Waals surface area contributed by atoms with E-state index in [1.807, 2.05) is 48.7 Å². The first-order valence-electron chi connectivity index (χ1n) is 6.31. The molecule has 0 spiro atoms. The standard InChI is InChI=1S/C16H12BrNO2S/c1-21-14-8-3-2-7-12(14)18-16(19)13-9-10-5-4-6-11(17)15(10)20-13/h2-9H,1H3,(H,18,19). The van der Waals surface area contributed by atoms with Gasteiger partial charge in [0, 0.05) is 10.3 Å². The number of anilines is 1. The molecule has 0 saturated heterocycles. The van der Waals surface area contributed by atoms with Crippen LogP contribution in [-0.4, -0.2) is 12.2 Å². The average molecular weight is 362 g/mol. The van der Waals surface area contributed by atoms with E-state index in [0.717, 1.165) is 20.4 Å². The van der Waals surface area contributed by atoms with Gasteiger partial charge >= 0.3 is 0 Å². The van der Waals surface area contributed by atoms with Crippen LogP contribution in [0.2, 0.25) is 0 Å². The van der Waals surface area contributed by atoms with Crippen molar-refractivity contribution < 1.29 is 9.21 Å². The van der Waals surface area contributed by atoms with Gasteiger partial charge in [0.25, 0.3) is 5.91 Å². The first kappa shape index (κ1) is 14.2. The van der Waals surface area contributed by atoms with E-state index in [4.69, 9.17) is 4.42 Å². The number of hydrogen-bond donors (Lipinski definition) is 1. The molecule has 1 amide bonds. The lowest BCUT2D eigenvalue weighted by Gasteiger charge is -2.07. The molecule has 0 bridgehead atoms. The number of furan rings is 1. The Morgan fingerprint density at radius 1 is 1.19 bits per heavy atom. The van der Waals surface area contributed by atoms with E-state index in [-0.39, 0.29) is 5.91 Å². The number of para-hydroxylation sites is 2. The lowest BCUT2D eigenvalue weighted by atomic mass is 10.2. The van der Waals surface area contributed by atoms with Crippen LogP contribution in [0, 0.1) is 0 Å². The maximum absolute atomic E-state index is 12.3. The third kappa shape index (κ3) is 2.84. The third-order valence-electron chi connectivity index (χ3n) is 3.08. The van der Waals surface area contributed by atoms with Crippen LogP contribution in [0.15, 0.2) is 62.3 Å². The van der Waals surface area contributed by atoms with Crippen LogP contribution in [0.3, 0.4) is 0 Å². The summed E-state index contributed by atoms with van der Waals surface area (Å²) in [4.78, 5) is 13.4. The fourth-order valence-electron chi connectivity index (χ4n) is 2.07. The summed E-state index contributed by atoms with van der Waals surface area (Å²) < 4.78 is 6.48. The van der Waals surface area contributed by atoms with Gasteiger partial charge in [-0.1, -0.05) is 24.3 Å². The molecule has 3 rings (SSSR count). The van der Waals surface area contributed by atoms with E-state index >= 15 is 0 Å². The predicted molar refractivity (Wildman–Crippen MR) is 90.1 cm³/mol. The van der Waals surface area contributed by atoms with Gasteiger partial charge in [0.15, 0.2) is 5.76 Å². The minimum absolute atomic E-state index is 0.250. The largest absolute Gasteiger partial charge is 0.450 e. The Labute approximate surface area is 134 Å². The lowest BCUT2D eigenvalue weighted by Crippen LogP contribution is -2.11. The third-order valence-corrected chi connectivity index (χ3v) is 4.50. The Morgan fingerprint density at radius 2 is 2.00 bits per heavy atom. The van der Waals surface area contributed by atoms with Crippen molar-refractivity contribution in [1.82, 2.24) is 0 Å². The Balaban J connectivity index is 1.92. The van der Waals surface area contributed by atoms with Crippen molar-refractivity contribution in [2.75, 3.05) is 11.6 Å². The van der Waals surface area contributed by atoms with E-state index in [0.29, 0.717) is 11.3 Å². The second-order valence-electron chi connectivity index (χ2n) is 4.42. The van der Waals surface area contributed by atoms with Gasteiger partial charge in [-0.2, -0.15) is 0 Å². The summed E-state index contributed by atoms with van der Waals surface area (Å²) in [5.41, 5.74) is 1.47. The van der Waals surface area contributed by atoms with Crippen molar-refractivity contribution in [2.45, 2.75) is 4.90 Å². The number of fused-ring (bicyclic) bond motifs is 1. The van der Waals surface area contributed by atoms with Gasteiger partial charge in [-0.05, 0) is 46.5 Å². The van der Waals surface area contributed by atoms with Gasteiger partial charge in [-0.25, -0.2) is 0 Å². The van der Waals surface area contributed by atoms with Crippen molar-refractivity contribution >= 4 is 50.3 Å². The molecule has 1 N–H and O–H groups in total.